The van der Waals surface area contributed by atoms with Gasteiger partial charge in [0.1, 0.15) is 7.11 Å². The second kappa shape index (κ2) is 3.46. The van der Waals surface area contributed by atoms with E-state index < -0.39 is 0 Å². The molecule has 0 amide bonds. The van der Waals surface area contributed by atoms with Crippen LogP contribution in [-0.2, 0) is 4.84 Å². The summed E-state index contributed by atoms with van der Waals surface area (Å²) >= 11 is 0. The molecule has 86 valence electrons. The van der Waals surface area contributed by atoms with Gasteiger partial charge in [0.25, 0.3) is 0 Å². The van der Waals surface area contributed by atoms with Gasteiger partial charge in [-0.25, -0.2) is 0 Å². The first kappa shape index (κ1) is 10.9. The third-order valence-corrected chi connectivity index (χ3v) is 3.52. The van der Waals surface area contributed by atoms with E-state index in [1.54, 1.807) is 7.11 Å². The van der Waals surface area contributed by atoms with Crippen LogP contribution >= 0.6 is 0 Å². The van der Waals surface area contributed by atoms with Gasteiger partial charge >= 0.3 is 0 Å². The molecule has 2 aliphatic heterocycles. The van der Waals surface area contributed by atoms with Crippen LogP contribution in [0.15, 0.2) is 5.16 Å². The molecular weight excluding hydrogens is 190 g/mol. The molecule has 0 aromatic heterocycles. The van der Waals surface area contributed by atoms with Gasteiger partial charge in [0.15, 0.2) is 0 Å². The molecule has 1 N–H and O–H groups in total. The molecule has 0 radical (unpaired) electrons. The molecule has 2 heterocycles. The summed E-state index contributed by atoms with van der Waals surface area (Å²) in [5.41, 5.74) is 1.68. The van der Waals surface area contributed by atoms with Crippen molar-refractivity contribution in [2.24, 2.45) is 10.6 Å². The van der Waals surface area contributed by atoms with Crippen molar-refractivity contribution in [2.45, 2.75) is 26.3 Å². The molecule has 0 aromatic rings. The Morgan fingerprint density at radius 2 is 2.07 bits per heavy atom. The first-order chi connectivity index (χ1) is 6.98. The van der Waals surface area contributed by atoms with E-state index in [9.17, 15) is 0 Å². The highest BCUT2D eigenvalue weighted by Gasteiger charge is 2.50. The molecule has 2 aliphatic rings. The van der Waals surface area contributed by atoms with Crippen LogP contribution in [0.1, 0.15) is 20.8 Å². The molecule has 0 aliphatic carbocycles. The summed E-state index contributed by atoms with van der Waals surface area (Å²) in [5, 5.41) is 7.54. The van der Waals surface area contributed by atoms with Crippen molar-refractivity contribution in [2.75, 3.05) is 33.3 Å². The number of hydrogen-bond acceptors (Lipinski definition) is 4. The van der Waals surface area contributed by atoms with Crippen molar-refractivity contribution in [3.63, 3.8) is 0 Å². The van der Waals surface area contributed by atoms with Crippen molar-refractivity contribution in [3.05, 3.63) is 0 Å². The number of oxime groups is 1. The van der Waals surface area contributed by atoms with Crippen LogP contribution in [0.5, 0.6) is 0 Å². The molecule has 4 nitrogen and oxygen atoms in total. The third kappa shape index (κ3) is 1.76. The predicted octanol–water partition coefficient (Wildman–Crippen LogP) is 0.693. The lowest BCUT2D eigenvalue weighted by atomic mass is 9.79. The first-order valence-corrected chi connectivity index (χ1v) is 5.54. The Balaban J connectivity index is 2.17. The predicted molar refractivity (Wildman–Crippen MR) is 61.1 cm³/mol. The van der Waals surface area contributed by atoms with E-state index in [1.807, 2.05) is 0 Å². The zero-order valence-electron chi connectivity index (χ0n) is 10.1. The molecule has 4 heteroatoms. The van der Waals surface area contributed by atoms with E-state index >= 15 is 0 Å². The smallest absolute Gasteiger partial charge is 0.106 e. The summed E-state index contributed by atoms with van der Waals surface area (Å²) in [7, 11) is 1.63. The van der Waals surface area contributed by atoms with Gasteiger partial charge in [0.05, 0.1) is 11.1 Å². The Labute approximate surface area is 91.6 Å². The monoisotopic (exact) mass is 211 g/mol. The average Bonchev–Trinajstić information content (AvgIpc) is 2.43. The van der Waals surface area contributed by atoms with E-state index in [1.165, 1.54) is 5.71 Å². The van der Waals surface area contributed by atoms with Crippen LogP contribution in [0.2, 0.25) is 0 Å². The minimum atomic E-state index is 0.216. The summed E-state index contributed by atoms with van der Waals surface area (Å²) in [5.74, 6) is 0. The highest BCUT2D eigenvalue weighted by molar-refractivity contribution is 5.95. The Bertz CT molecular complexity index is 276. The second-order valence-electron chi connectivity index (χ2n) is 5.63. The number of rotatable bonds is 1. The Kier molecular flexibility index (Phi) is 2.51. The Morgan fingerprint density at radius 1 is 1.40 bits per heavy atom. The van der Waals surface area contributed by atoms with E-state index in [4.69, 9.17) is 4.84 Å². The molecule has 1 spiro atoms. The summed E-state index contributed by atoms with van der Waals surface area (Å²) in [6, 6.07) is 0. The molecule has 15 heavy (non-hydrogen) atoms. The topological polar surface area (TPSA) is 36.9 Å². The molecule has 0 saturated carbocycles. The Morgan fingerprint density at radius 3 is 2.47 bits per heavy atom. The van der Waals surface area contributed by atoms with E-state index in [0.29, 0.717) is 0 Å². The standard InChI is InChI=1S/C11H21N3O/c1-10(2,3)14-5-9(13-15-4)11(8-14)6-12-7-11/h12H,5-8H2,1-4H3/b13-9+. The minimum Gasteiger partial charge on any atom is -0.399 e. The molecule has 0 atom stereocenters. The fourth-order valence-corrected chi connectivity index (χ4v) is 2.31. The van der Waals surface area contributed by atoms with Gasteiger partial charge in [-0.2, -0.15) is 0 Å². The molecule has 0 bridgehead atoms. The number of hydrogen-bond donors (Lipinski definition) is 1. The molecule has 0 unspecified atom stereocenters. The van der Waals surface area contributed by atoms with Crippen molar-refractivity contribution in [3.8, 4) is 0 Å². The van der Waals surface area contributed by atoms with Crippen LogP contribution in [0.4, 0.5) is 0 Å². The van der Waals surface area contributed by atoms with E-state index in [2.05, 4.69) is 36.1 Å². The quantitative estimate of drug-likeness (QED) is 0.648. The van der Waals surface area contributed by atoms with Crippen LogP contribution in [0.3, 0.4) is 0 Å². The number of nitrogens with one attached hydrogen (secondary N) is 1. The third-order valence-electron chi connectivity index (χ3n) is 3.52. The van der Waals surface area contributed by atoms with Crippen molar-refractivity contribution in [1.29, 1.82) is 0 Å². The van der Waals surface area contributed by atoms with Crippen LogP contribution in [0, 0.1) is 5.41 Å². The minimum absolute atomic E-state index is 0.216. The van der Waals surface area contributed by atoms with E-state index in [0.717, 1.165) is 26.2 Å². The van der Waals surface area contributed by atoms with Gasteiger partial charge < -0.3 is 10.2 Å². The lowest BCUT2D eigenvalue weighted by Crippen LogP contribution is -2.59. The SMILES string of the molecule is CO/N=C1\CN(C(C)(C)C)CC12CNC2. The van der Waals surface area contributed by atoms with Crippen molar-refractivity contribution in [1.82, 2.24) is 10.2 Å². The van der Waals surface area contributed by atoms with Gasteiger partial charge in [-0.05, 0) is 20.8 Å². The van der Waals surface area contributed by atoms with Gasteiger partial charge in [-0.1, -0.05) is 5.16 Å². The van der Waals surface area contributed by atoms with Crippen molar-refractivity contribution >= 4 is 5.71 Å². The molecular formula is C11H21N3O. The second-order valence-corrected chi connectivity index (χ2v) is 5.63. The van der Waals surface area contributed by atoms with Crippen molar-refractivity contribution < 1.29 is 4.84 Å². The maximum Gasteiger partial charge on any atom is 0.106 e. The highest BCUT2D eigenvalue weighted by atomic mass is 16.6. The van der Waals surface area contributed by atoms with Gasteiger partial charge in [-0.3, -0.25) is 4.90 Å². The fourth-order valence-electron chi connectivity index (χ4n) is 2.31. The fraction of sp³-hybridized carbons (Fsp3) is 0.909. The molecule has 2 fully saturated rings. The Hall–Kier alpha value is -0.610. The van der Waals surface area contributed by atoms with Gasteiger partial charge in [0, 0.05) is 31.7 Å². The lowest BCUT2D eigenvalue weighted by molar-refractivity contribution is 0.125. The molecule has 2 saturated heterocycles. The summed E-state index contributed by atoms with van der Waals surface area (Å²) in [6.07, 6.45) is 0. The van der Waals surface area contributed by atoms with Gasteiger partial charge in [0.2, 0.25) is 0 Å². The normalized spacial score (nSPS) is 28.4. The average molecular weight is 211 g/mol. The largest absolute Gasteiger partial charge is 0.399 e. The summed E-state index contributed by atoms with van der Waals surface area (Å²) < 4.78 is 0. The summed E-state index contributed by atoms with van der Waals surface area (Å²) in [4.78, 5) is 7.43. The first-order valence-electron chi connectivity index (χ1n) is 5.54. The number of nitrogens with zero attached hydrogens (tertiary/aromatic N) is 2. The van der Waals surface area contributed by atoms with Crippen LogP contribution in [0.25, 0.3) is 0 Å². The zero-order valence-corrected chi connectivity index (χ0v) is 10.1. The highest BCUT2D eigenvalue weighted by Crippen LogP contribution is 2.35. The molecule has 2 rings (SSSR count). The van der Waals surface area contributed by atoms with E-state index in [-0.39, 0.29) is 11.0 Å². The zero-order chi connectivity index (χ0) is 11.1. The molecule has 0 aromatic carbocycles. The van der Waals surface area contributed by atoms with Gasteiger partial charge in [-0.15, -0.1) is 0 Å². The lowest BCUT2D eigenvalue weighted by Gasteiger charge is -2.40. The van der Waals surface area contributed by atoms with Crippen LogP contribution in [-0.4, -0.2) is 49.4 Å². The maximum absolute atomic E-state index is 4.95. The maximum atomic E-state index is 4.95. The van der Waals surface area contributed by atoms with Crippen LogP contribution < -0.4 is 5.32 Å². The number of likely N-dealkylation sites (tertiary alicyclic amines) is 1. The summed E-state index contributed by atoms with van der Waals surface area (Å²) in [6.45, 7) is 10.9.